The predicted molar refractivity (Wildman–Crippen MR) is 104 cm³/mol. The molecule has 0 saturated heterocycles. The van der Waals surface area contributed by atoms with Crippen LogP contribution in [-0.2, 0) is 6.42 Å². The van der Waals surface area contributed by atoms with E-state index in [4.69, 9.17) is 0 Å². The second-order valence-corrected chi connectivity index (χ2v) is 8.00. The van der Waals surface area contributed by atoms with Crippen LogP contribution in [0.4, 0.5) is 13.2 Å². The lowest BCUT2D eigenvalue weighted by Crippen LogP contribution is -2.17. The first kappa shape index (κ1) is 18.3. The number of halogens is 3. The smallest absolute Gasteiger partial charge is 0.159 e. The molecule has 4 rings (SSSR count). The fourth-order valence-electron chi connectivity index (χ4n) is 4.68. The summed E-state index contributed by atoms with van der Waals surface area (Å²) in [7, 11) is 0. The van der Waals surface area contributed by atoms with Crippen LogP contribution in [0.2, 0.25) is 0 Å². The lowest BCUT2D eigenvalue weighted by molar-refractivity contribution is 0.292. The number of hydrogen-bond donors (Lipinski definition) is 0. The maximum atomic E-state index is 14.7. The fraction of sp³-hybridized carbons (Fsp3) is 0.417. The zero-order valence-corrected chi connectivity index (χ0v) is 15.7. The van der Waals surface area contributed by atoms with Gasteiger partial charge in [0.05, 0.1) is 0 Å². The Labute approximate surface area is 159 Å². The van der Waals surface area contributed by atoms with Crippen molar-refractivity contribution in [2.75, 3.05) is 0 Å². The van der Waals surface area contributed by atoms with E-state index in [-0.39, 0.29) is 5.82 Å². The van der Waals surface area contributed by atoms with Crippen molar-refractivity contribution >= 4 is 6.08 Å². The molecule has 0 unspecified atom stereocenters. The summed E-state index contributed by atoms with van der Waals surface area (Å²) in [5.41, 5.74) is 4.20. The molecule has 0 spiro atoms. The van der Waals surface area contributed by atoms with Crippen LogP contribution in [0, 0.1) is 29.3 Å². The normalized spacial score (nSPS) is 22.3. The Balaban J connectivity index is 1.61. The van der Waals surface area contributed by atoms with E-state index in [1.54, 1.807) is 12.1 Å². The summed E-state index contributed by atoms with van der Waals surface area (Å²) in [5.74, 6) is -0.743. The molecule has 2 aromatic rings. The highest BCUT2D eigenvalue weighted by Gasteiger charge is 2.25. The number of hydrogen-bond acceptors (Lipinski definition) is 0. The van der Waals surface area contributed by atoms with Crippen LogP contribution in [0.15, 0.2) is 35.9 Å². The Morgan fingerprint density at radius 3 is 2.33 bits per heavy atom. The lowest BCUT2D eigenvalue weighted by Gasteiger charge is -2.31. The molecule has 0 heterocycles. The van der Waals surface area contributed by atoms with E-state index in [2.05, 4.69) is 13.0 Å². The van der Waals surface area contributed by atoms with Crippen LogP contribution in [-0.4, -0.2) is 0 Å². The molecule has 0 nitrogen and oxygen atoms in total. The van der Waals surface area contributed by atoms with Gasteiger partial charge in [0, 0.05) is 5.56 Å². The Morgan fingerprint density at radius 1 is 0.852 bits per heavy atom. The molecule has 142 valence electrons. The maximum absolute atomic E-state index is 14.7. The van der Waals surface area contributed by atoms with Crippen LogP contribution in [0.3, 0.4) is 0 Å². The molecule has 0 N–H and O–H groups in total. The van der Waals surface area contributed by atoms with E-state index in [1.165, 1.54) is 43.7 Å². The first-order chi connectivity index (χ1) is 13.0. The van der Waals surface area contributed by atoms with Crippen molar-refractivity contribution in [2.24, 2.45) is 11.8 Å². The molecular weight excluding hydrogens is 345 g/mol. The highest BCUT2D eigenvalue weighted by Crippen LogP contribution is 2.40. The Morgan fingerprint density at radius 2 is 1.63 bits per heavy atom. The number of benzene rings is 2. The molecule has 2 aromatic carbocycles. The largest absolute Gasteiger partial charge is 0.206 e. The predicted octanol–water partition coefficient (Wildman–Crippen LogP) is 7.32. The third-order valence-electron chi connectivity index (χ3n) is 6.43. The van der Waals surface area contributed by atoms with Gasteiger partial charge < -0.3 is 0 Å². The SMILES string of the molecule is CCC1CCC(C2=Cc3cc(F)c(-c4ccc(F)c(F)c4)cc3CC2)CC1. The van der Waals surface area contributed by atoms with Crippen molar-refractivity contribution in [3.8, 4) is 11.1 Å². The highest BCUT2D eigenvalue weighted by atomic mass is 19.2. The minimum atomic E-state index is -0.950. The monoisotopic (exact) mass is 370 g/mol. The Hall–Kier alpha value is -2.03. The van der Waals surface area contributed by atoms with Gasteiger partial charge in [0.1, 0.15) is 5.82 Å². The maximum Gasteiger partial charge on any atom is 0.159 e. The lowest BCUT2D eigenvalue weighted by atomic mass is 9.74. The van der Waals surface area contributed by atoms with Crippen LogP contribution in [0.25, 0.3) is 17.2 Å². The van der Waals surface area contributed by atoms with Crippen molar-refractivity contribution in [3.63, 3.8) is 0 Å². The number of fused-ring (bicyclic) bond motifs is 1. The molecule has 0 bridgehead atoms. The van der Waals surface area contributed by atoms with Gasteiger partial charge in [0.25, 0.3) is 0 Å². The van der Waals surface area contributed by atoms with Crippen molar-refractivity contribution in [3.05, 3.63) is 64.5 Å². The number of aryl methyl sites for hydroxylation is 1. The number of rotatable bonds is 3. The third kappa shape index (κ3) is 3.69. The third-order valence-corrected chi connectivity index (χ3v) is 6.43. The van der Waals surface area contributed by atoms with Crippen LogP contribution in [0.1, 0.15) is 56.6 Å². The Kier molecular flexibility index (Phi) is 5.12. The molecule has 0 atom stereocenters. The summed E-state index contributed by atoms with van der Waals surface area (Å²) < 4.78 is 41.4. The van der Waals surface area contributed by atoms with Gasteiger partial charge in [0.2, 0.25) is 0 Å². The molecule has 1 fully saturated rings. The standard InChI is InChI=1S/C24H25F3/c1-2-15-3-5-16(6-4-15)17-7-8-18-12-21(23(26)14-20(18)11-17)19-9-10-22(25)24(27)13-19/h9-16H,2-8H2,1H3. The minimum absolute atomic E-state index is 0.341. The van der Waals surface area contributed by atoms with E-state index in [9.17, 15) is 13.2 Å². The van der Waals surface area contributed by atoms with E-state index in [1.807, 2.05) is 0 Å². The second kappa shape index (κ2) is 7.53. The van der Waals surface area contributed by atoms with Crippen molar-refractivity contribution in [2.45, 2.75) is 51.9 Å². The summed E-state index contributed by atoms with van der Waals surface area (Å²) in [5, 5.41) is 0. The molecule has 0 radical (unpaired) electrons. The second-order valence-electron chi connectivity index (χ2n) is 8.00. The first-order valence-corrected chi connectivity index (χ1v) is 10.0. The Bertz CT molecular complexity index is 873. The summed E-state index contributed by atoms with van der Waals surface area (Å²) in [6.45, 7) is 2.27. The van der Waals surface area contributed by atoms with Crippen LogP contribution < -0.4 is 0 Å². The van der Waals surface area contributed by atoms with Gasteiger partial charge in [-0.25, -0.2) is 13.2 Å². The van der Waals surface area contributed by atoms with Crippen LogP contribution in [0.5, 0.6) is 0 Å². The van der Waals surface area contributed by atoms with Gasteiger partial charge in [-0.1, -0.05) is 31.1 Å². The first-order valence-electron chi connectivity index (χ1n) is 10.0. The molecule has 0 aliphatic heterocycles. The molecule has 0 aromatic heterocycles. The highest BCUT2D eigenvalue weighted by molar-refractivity contribution is 5.70. The van der Waals surface area contributed by atoms with Crippen LogP contribution >= 0.6 is 0 Å². The van der Waals surface area contributed by atoms with Gasteiger partial charge >= 0.3 is 0 Å². The molecular formula is C24H25F3. The van der Waals surface area contributed by atoms with Gasteiger partial charge in [-0.05, 0) is 91.3 Å². The molecule has 3 heteroatoms. The molecule has 2 aliphatic carbocycles. The number of allylic oxidation sites excluding steroid dienone is 1. The molecule has 1 saturated carbocycles. The van der Waals surface area contributed by atoms with Gasteiger partial charge in [0.15, 0.2) is 11.6 Å². The molecule has 27 heavy (non-hydrogen) atoms. The summed E-state index contributed by atoms with van der Waals surface area (Å²) in [4.78, 5) is 0. The average Bonchev–Trinajstić information content (AvgIpc) is 2.69. The molecule has 2 aliphatic rings. The molecule has 0 amide bonds. The van der Waals surface area contributed by atoms with E-state index < -0.39 is 11.6 Å². The fourth-order valence-corrected chi connectivity index (χ4v) is 4.68. The zero-order chi connectivity index (χ0) is 19.0. The van der Waals surface area contributed by atoms with Crippen molar-refractivity contribution < 1.29 is 13.2 Å². The average molecular weight is 370 g/mol. The topological polar surface area (TPSA) is 0 Å². The summed E-state index contributed by atoms with van der Waals surface area (Å²) in [6, 6.07) is 6.91. The summed E-state index contributed by atoms with van der Waals surface area (Å²) >= 11 is 0. The minimum Gasteiger partial charge on any atom is -0.206 e. The van der Waals surface area contributed by atoms with E-state index >= 15 is 0 Å². The van der Waals surface area contributed by atoms with Gasteiger partial charge in [-0.3, -0.25) is 0 Å². The zero-order valence-electron chi connectivity index (χ0n) is 15.7. The van der Waals surface area contributed by atoms with Crippen molar-refractivity contribution in [1.82, 2.24) is 0 Å². The quantitative estimate of drug-likeness (QED) is 0.531. The van der Waals surface area contributed by atoms with E-state index in [0.29, 0.717) is 17.0 Å². The van der Waals surface area contributed by atoms with Gasteiger partial charge in [-0.2, -0.15) is 0 Å². The van der Waals surface area contributed by atoms with Crippen molar-refractivity contribution in [1.29, 1.82) is 0 Å². The summed E-state index contributed by atoms with van der Waals surface area (Å²) in [6.07, 6.45) is 10.4. The van der Waals surface area contributed by atoms with E-state index in [0.717, 1.165) is 42.0 Å². The van der Waals surface area contributed by atoms with Gasteiger partial charge in [-0.15, -0.1) is 0 Å².